The maximum absolute atomic E-state index is 12.6. The molecular weight excluding hydrogens is 320 g/mol. The van der Waals surface area contributed by atoms with Crippen LogP contribution in [0.4, 0.5) is 4.79 Å². The van der Waals surface area contributed by atoms with Gasteiger partial charge >= 0.3 is 12.0 Å². The number of likely N-dealkylation sites (tertiary alicyclic amines) is 1. The van der Waals surface area contributed by atoms with Crippen molar-refractivity contribution in [1.29, 1.82) is 0 Å². The predicted octanol–water partition coefficient (Wildman–Crippen LogP) is 2.77. The first kappa shape index (κ1) is 19.1. The molecule has 1 aromatic rings. The van der Waals surface area contributed by atoms with E-state index in [1.807, 2.05) is 24.3 Å². The van der Waals surface area contributed by atoms with E-state index in [0.29, 0.717) is 19.4 Å². The number of piperidine rings is 1. The second kappa shape index (κ2) is 8.74. The van der Waals surface area contributed by atoms with Crippen LogP contribution in [0.1, 0.15) is 32.3 Å². The number of benzene rings is 1. The summed E-state index contributed by atoms with van der Waals surface area (Å²) in [4.78, 5) is 25.4. The molecule has 2 atom stereocenters. The number of amides is 2. The van der Waals surface area contributed by atoms with Crippen LogP contribution in [-0.4, -0.2) is 48.2 Å². The fourth-order valence-electron chi connectivity index (χ4n) is 3.17. The Morgan fingerprint density at radius 2 is 2.08 bits per heavy atom. The van der Waals surface area contributed by atoms with Crippen LogP contribution >= 0.6 is 0 Å². The van der Waals surface area contributed by atoms with Crippen molar-refractivity contribution < 1.29 is 19.4 Å². The highest BCUT2D eigenvalue weighted by Crippen LogP contribution is 2.22. The second-order valence-corrected chi connectivity index (χ2v) is 6.94. The molecule has 6 heteroatoms. The Morgan fingerprint density at radius 1 is 1.36 bits per heavy atom. The smallest absolute Gasteiger partial charge is 0.317 e. The van der Waals surface area contributed by atoms with Crippen molar-refractivity contribution in [2.45, 2.75) is 39.2 Å². The molecule has 2 rings (SSSR count). The third kappa shape index (κ3) is 5.11. The van der Waals surface area contributed by atoms with Gasteiger partial charge in [0.2, 0.25) is 0 Å². The van der Waals surface area contributed by atoms with Gasteiger partial charge < -0.3 is 20.1 Å². The molecule has 2 N–H and O–H groups in total. The van der Waals surface area contributed by atoms with E-state index >= 15 is 0 Å². The fourth-order valence-corrected chi connectivity index (χ4v) is 3.17. The van der Waals surface area contributed by atoms with Crippen LogP contribution in [0.3, 0.4) is 0 Å². The molecule has 1 heterocycles. The van der Waals surface area contributed by atoms with Crippen molar-refractivity contribution in [2.24, 2.45) is 11.8 Å². The highest BCUT2D eigenvalue weighted by molar-refractivity contribution is 5.76. The molecule has 2 amide bonds. The Hall–Kier alpha value is -2.24. The maximum atomic E-state index is 12.6. The maximum Gasteiger partial charge on any atom is 0.317 e. The van der Waals surface area contributed by atoms with Gasteiger partial charge in [-0.15, -0.1) is 0 Å². The number of rotatable bonds is 6. The minimum absolute atomic E-state index is 0.0472. The van der Waals surface area contributed by atoms with Gasteiger partial charge in [0.25, 0.3) is 0 Å². The zero-order chi connectivity index (χ0) is 18.4. The minimum Gasteiger partial charge on any atom is -0.496 e. The number of methoxy groups -OCH3 is 1. The molecule has 1 aliphatic rings. The Labute approximate surface area is 149 Å². The van der Waals surface area contributed by atoms with Crippen LogP contribution in [-0.2, 0) is 11.2 Å². The molecule has 0 radical (unpaired) electrons. The van der Waals surface area contributed by atoms with Crippen LogP contribution in [0.15, 0.2) is 24.3 Å². The zero-order valence-corrected chi connectivity index (χ0v) is 15.2. The lowest BCUT2D eigenvalue weighted by atomic mass is 9.95. The van der Waals surface area contributed by atoms with E-state index in [2.05, 4.69) is 19.2 Å². The van der Waals surface area contributed by atoms with Crippen LogP contribution in [0.5, 0.6) is 5.75 Å². The summed E-state index contributed by atoms with van der Waals surface area (Å²) in [6, 6.07) is 7.57. The quantitative estimate of drug-likeness (QED) is 0.828. The molecule has 0 bridgehead atoms. The van der Waals surface area contributed by atoms with Crippen molar-refractivity contribution in [1.82, 2.24) is 10.2 Å². The number of nitrogens with zero attached hydrogens (tertiary/aromatic N) is 1. The summed E-state index contributed by atoms with van der Waals surface area (Å²) in [6.07, 6.45) is 2.03. The summed E-state index contributed by atoms with van der Waals surface area (Å²) in [5.41, 5.74) is 1.05. The summed E-state index contributed by atoms with van der Waals surface area (Å²) in [5, 5.41) is 12.3. The molecule has 6 nitrogen and oxygen atoms in total. The van der Waals surface area contributed by atoms with Crippen LogP contribution in [0.2, 0.25) is 0 Å². The number of para-hydroxylation sites is 1. The first-order chi connectivity index (χ1) is 11.9. The standard InChI is InChI=1S/C19H28N2O4/c1-13(2)16(11-14-7-4-5-9-17(14)25-3)20-19(24)21-10-6-8-15(12-21)18(22)23/h4-5,7,9,13,15-16H,6,8,10-12H2,1-3H3,(H,20,24)(H,22,23). The Balaban J connectivity index is 2.03. The first-order valence-corrected chi connectivity index (χ1v) is 8.82. The van der Waals surface area contributed by atoms with E-state index in [-0.39, 0.29) is 24.5 Å². The van der Waals surface area contributed by atoms with Crippen molar-refractivity contribution in [2.75, 3.05) is 20.2 Å². The topological polar surface area (TPSA) is 78.9 Å². The average Bonchev–Trinajstić information content (AvgIpc) is 2.61. The van der Waals surface area contributed by atoms with Crippen LogP contribution in [0, 0.1) is 11.8 Å². The zero-order valence-electron chi connectivity index (χ0n) is 15.2. The highest BCUT2D eigenvalue weighted by atomic mass is 16.5. The van der Waals surface area contributed by atoms with Crippen LogP contribution in [0.25, 0.3) is 0 Å². The van der Waals surface area contributed by atoms with Crippen molar-refractivity contribution in [3.05, 3.63) is 29.8 Å². The van der Waals surface area contributed by atoms with E-state index in [9.17, 15) is 14.7 Å². The highest BCUT2D eigenvalue weighted by Gasteiger charge is 2.29. The van der Waals surface area contributed by atoms with Gasteiger partial charge in [-0.3, -0.25) is 4.79 Å². The number of aliphatic carboxylic acids is 1. The largest absolute Gasteiger partial charge is 0.496 e. The molecule has 2 unspecified atom stereocenters. The fraction of sp³-hybridized carbons (Fsp3) is 0.579. The summed E-state index contributed by atoms with van der Waals surface area (Å²) >= 11 is 0. The number of carbonyl (C=O) groups excluding carboxylic acids is 1. The Bertz CT molecular complexity index is 603. The molecular formula is C19H28N2O4. The van der Waals surface area contributed by atoms with E-state index < -0.39 is 11.9 Å². The minimum atomic E-state index is -0.827. The van der Waals surface area contributed by atoms with Gasteiger partial charge in [-0.2, -0.15) is 0 Å². The third-order valence-electron chi connectivity index (χ3n) is 4.80. The van der Waals surface area contributed by atoms with Gasteiger partial charge in [-0.25, -0.2) is 4.79 Å². The first-order valence-electron chi connectivity index (χ1n) is 8.82. The molecule has 0 aromatic heterocycles. The summed E-state index contributed by atoms with van der Waals surface area (Å²) in [7, 11) is 1.64. The summed E-state index contributed by atoms with van der Waals surface area (Å²) in [6.45, 7) is 5.02. The van der Waals surface area contributed by atoms with Gasteiger partial charge in [0.1, 0.15) is 5.75 Å². The molecule has 0 aliphatic carbocycles. The monoisotopic (exact) mass is 348 g/mol. The molecule has 1 aromatic carbocycles. The average molecular weight is 348 g/mol. The lowest BCUT2D eigenvalue weighted by Gasteiger charge is -2.33. The summed E-state index contributed by atoms with van der Waals surface area (Å²) in [5.74, 6) is -0.238. The molecule has 1 saturated heterocycles. The number of hydrogen-bond donors (Lipinski definition) is 2. The van der Waals surface area contributed by atoms with E-state index in [1.54, 1.807) is 12.0 Å². The molecule has 1 aliphatic heterocycles. The van der Waals surface area contributed by atoms with Crippen molar-refractivity contribution in [3.63, 3.8) is 0 Å². The summed E-state index contributed by atoms with van der Waals surface area (Å²) < 4.78 is 5.40. The second-order valence-electron chi connectivity index (χ2n) is 6.94. The number of carboxylic acid groups (broad SMARTS) is 1. The lowest BCUT2D eigenvalue weighted by molar-refractivity contribution is -0.143. The number of carbonyl (C=O) groups is 2. The van der Waals surface area contributed by atoms with Gasteiger partial charge in [0.05, 0.1) is 13.0 Å². The molecule has 138 valence electrons. The molecule has 25 heavy (non-hydrogen) atoms. The van der Waals surface area contributed by atoms with Gasteiger partial charge in [0.15, 0.2) is 0 Å². The Morgan fingerprint density at radius 3 is 2.72 bits per heavy atom. The molecule has 0 spiro atoms. The number of urea groups is 1. The normalized spacial score (nSPS) is 18.7. The van der Waals surface area contributed by atoms with E-state index in [0.717, 1.165) is 17.7 Å². The van der Waals surface area contributed by atoms with Gasteiger partial charge in [-0.05, 0) is 36.8 Å². The number of ether oxygens (including phenoxy) is 1. The van der Waals surface area contributed by atoms with E-state index in [1.165, 1.54) is 0 Å². The third-order valence-corrected chi connectivity index (χ3v) is 4.80. The number of nitrogens with one attached hydrogen (secondary N) is 1. The predicted molar refractivity (Wildman–Crippen MR) is 95.8 cm³/mol. The van der Waals surface area contributed by atoms with Crippen molar-refractivity contribution in [3.8, 4) is 5.75 Å². The van der Waals surface area contributed by atoms with Gasteiger partial charge in [0, 0.05) is 19.1 Å². The lowest BCUT2D eigenvalue weighted by Crippen LogP contribution is -2.51. The van der Waals surface area contributed by atoms with Crippen LogP contribution < -0.4 is 10.1 Å². The SMILES string of the molecule is COc1ccccc1CC(NC(=O)N1CCCC(C(=O)O)C1)C(C)C. The molecule has 0 saturated carbocycles. The van der Waals surface area contributed by atoms with E-state index in [4.69, 9.17) is 4.74 Å². The Kier molecular flexibility index (Phi) is 6.67. The van der Waals surface area contributed by atoms with Gasteiger partial charge in [-0.1, -0.05) is 32.0 Å². The van der Waals surface area contributed by atoms with Crippen molar-refractivity contribution >= 4 is 12.0 Å². The number of carboxylic acids is 1. The number of hydrogen-bond acceptors (Lipinski definition) is 3. The molecule has 1 fully saturated rings.